The minimum atomic E-state index is 0.0824. The highest BCUT2D eigenvalue weighted by Crippen LogP contribution is 2.19. The lowest BCUT2D eigenvalue weighted by atomic mass is 10.1. The highest BCUT2D eigenvalue weighted by Gasteiger charge is 2.04. The van der Waals surface area contributed by atoms with Crippen molar-refractivity contribution < 1.29 is 4.79 Å². The van der Waals surface area contributed by atoms with Crippen molar-refractivity contribution >= 4 is 5.78 Å². The van der Waals surface area contributed by atoms with Crippen LogP contribution in [0.1, 0.15) is 17.3 Å². The molecule has 2 rings (SSSR count). The molecule has 76 valence electrons. The fourth-order valence-corrected chi connectivity index (χ4v) is 1.53. The van der Waals surface area contributed by atoms with Crippen molar-refractivity contribution in [2.75, 3.05) is 0 Å². The third kappa shape index (κ3) is 1.81. The topological polar surface area (TPSA) is 34.9 Å². The van der Waals surface area contributed by atoms with Crippen molar-refractivity contribution in [3.05, 3.63) is 42.4 Å². The predicted octanol–water partition coefficient (Wildman–Crippen LogP) is 2.29. The number of carbonyl (C=O) groups excluding carboxylic acids is 1. The molecule has 0 aliphatic heterocycles. The van der Waals surface area contributed by atoms with Gasteiger partial charge in [-0.2, -0.15) is 0 Å². The Morgan fingerprint density at radius 3 is 2.80 bits per heavy atom. The average Bonchev–Trinajstić information content (AvgIpc) is 2.64. The molecule has 0 spiro atoms. The van der Waals surface area contributed by atoms with E-state index in [1.54, 1.807) is 19.4 Å². The molecule has 3 heteroatoms. The van der Waals surface area contributed by atoms with Crippen LogP contribution in [0.4, 0.5) is 0 Å². The fourth-order valence-electron chi connectivity index (χ4n) is 1.53. The van der Waals surface area contributed by atoms with E-state index in [-0.39, 0.29) is 5.78 Å². The smallest absolute Gasteiger partial charge is 0.159 e. The number of aromatic nitrogens is 2. The van der Waals surface area contributed by atoms with Crippen LogP contribution in [0.3, 0.4) is 0 Å². The quantitative estimate of drug-likeness (QED) is 0.697. The first-order valence-corrected chi connectivity index (χ1v) is 4.76. The first-order chi connectivity index (χ1) is 7.18. The zero-order valence-corrected chi connectivity index (χ0v) is 8.77. The Kier molecular flexibility index (Phi) is 2.37. The summed E-state index contributed by atoms with van der Waals surface area (Å²) >= 11 is 0. The summed E-state index contributed by atoms with van der Waals surface area (Å²) in [7, 11) is 1.93. The van der Waals surface area contributed by atoms with E-state index in [0.717, 1.165) is 16.8 Å². The summed E-state index contributed by atoms with van der Waals surface area (Å²) in [6.07, 6.45) is 3.54. The molecule has 1 aromatic carbocycles. The maximum Gasteiger partial charge on any atom is 0.159 e. The van der Waals surface area contributed by atoms with E-state index < -0.39 is 0 Å². The summed E-state index contributed by atoms with van der Waals surface area (Å²) in [5, 5.41) is 0. The second-order valence-corrected chi connectivity index (χ2v) is 3.53. The Morgan fingerprint density at radius 2 is 2.20 bits per heavy atom. The van der Waals surface area contributed by atoms with E-state index in [0.29, 0.717) is 0 Å². The van der Waals surface area contributed by atoms with E-state index in [9.17, 15) is 4.79 Å². The monoisotopic (exact) mass is 200 g/mol. The third-order valence-electron chi connectivity index (χ3n) is 2.38. The molecule has 0 radical (unpaired) electrons. The second kappa shape index (κ2) is 3.69. The van der Waals surface area contributed by atoms with Gasteiger partial charge in [-0.15, -0.1) is 0 Å². The number of ketones is 1. The molecule has 0 aliphatic carbocycles. The van der Waals surface area contributed by atoms with Crippen LogP contribution in [0.25, 0.3) is 11.3 Å². The Labute approximate surface area is 88.4 Å². The van der Waals surface area contributed by atoms with Crippen molar-refractivity contribution in [1.82, 2.24) is 9.55 Å². The molecule has 15 heavy (non-hydrogen) atoms. The molecule has 0 amide bonds. The molecule has 0 aliphatic rings. The minimum Gasteiger partial charge on any atom is -0.334 e. The van der Waals surface area contributed by atoms with Gasteiger partial charge in [-0.05, 0) is 13.0 Å². The first-order valence-electron chi connectivity index (χ1n) is 4.76. The van der Waals surface area contributed by atoms with Gasteiger partial charge < -0.3 is 4.57 Å². The number of hydrogen-bond donors (Lipinski definition) is 0. The van der Waals surface area contributed by atoms with Crippen molar-refractivity contribution in [1.29, 1.82) is 0 Å². The number of imidazole rings is 1. The molecule has 1 heterocycles. The number of Topliss-reactive ketones (excluding diaryl/α,β-unsaturated/α-hetero) is 1. The van der Waals surface area contributed by atoms with Crippen LogP contribution in [-0.4, -0.2) is 15.3 Å². The van der Waals surface area contributed by atoms with Crippen molar-refractivity contribution in [3.63, 3.8) is 0 Å². The molecule has 1 aromatic heterocycles. The van der Waals surface area contributed by atoms with Crippen molar-refractivity contribution in [3.8, 4) is 11.3 Å². The van der Waals surface area contributed by atoms with E-state index >= 15 is 0 Å². The summed E-state index contributed by atoms with van der Waals surface area (Å²) in [5.74, 6) is 0.0824. The number of nitrogens with zero attached hydrogens (tertiary/aromatic N) is 2. The highest BCUT2D eigenvalue weighted by atomic mass is 16.1. The Balaban J connectivity index is 2.50. The first kappa shape index (κ1) is 9.65. The van der Waals surface area contributed by atoms with Gasteiger partial charge >= 0.3 is 0 Å². The summed E-state index contributed by atoms with van der Waals surface area (Å²) in [6, 6.07) is 7.57. The van der Waals surface area contributed by atoms with Gasteiger partial charge in [-0.3, -0.25) is 4.79 Å². The van der Waals surface area contributed by atoms with Gasteiger partial charge in [0, 0.05) is 18.2 Å². The largest absolute Gasteiger partial charge is 0.334 e. The van der Waals surface area contributed by atoms with E-state index in [4.69, 9.17) is 0 Å². The molecule has 0 unspecified atom stereocenters. The van der Waals surface area contributed by atoms with E-state index in [2.05, 4.69) is 4.98 Å². The Morgan fingerprint density at radius 1 is 1.40 bits per heavy atom. The van der Waals surface area contributed by atoms with Gasteiger partial charge in [0.2, 0.25) is 0 Å². The molecule has 0 fully saturated rings. The predicted molar refractivity (Wildman–Crippen MR) is 58.6 cm³/mol. The molecule has 2 aromatic rings. The molecule has 0 saturated carbocycles. The van der Waals surface area contributed by atoms with Crippen LogP contribution >= 0.6 is 0 Å². The SMILES string of the molecule is CC(=O)c1cccc(-c2cncn2C)c1. The zero-order valence-electron chi connectivity index (χ0n) is 8.77. The maximum atomic E-state index is 11.2. The summed E-state index contributed by atoms with van der Waals surface area (Å²) in [5.41, 5.74) is 2.76. The van der Waals surface area contributed by atoms with Crippen LogP contribution in [0.5, 0.6) is 0 Å². The molecule has 0 N–H and O–H groups in total. The van der Waals surface area contributed by atoms with Crippen LogP contribution in [0, 0.1) is 0 Å². The second-order valence-electron chi connectivity index (χ2n) is 3.53. The Hall–Kier alpha value is -1.90. The third-order valence-corrected chi connectivity index (χ3v) is 2.38. The average molecular weight is 200 g/mol. The lowest BCUT2D eigenvalue weighted by Crippen LogP contribution is -1.94. The van der Waals surface area contributed by atoms with Gasteiger partial charge in [-0.25, -0.2) is 4.98 Å². The normalized spacial score (nSPS) is 10.3. The number of benzene rings is 1. The van der Waals surface area contributed by atoms with E-state index in [1.165, 1.54) is 0 Å². The lowest BCUT2D eigenvalue weighted by molar-refractivity contribution is 0.101. The molecular weight excluding hydrogens is 188 g/mol. The molecule has 0 saturated heterocycles. The molecular formula is C12H12N2O. The van der Waals surface area contributed by atoms with E-state index in [1.807, 2.05) is 35.9 Å². The van der Waals surface area contributed by atoms with Gasteiger partial charge in [-0.1, -0.05) is 18.2 Å². The van der Waals surface area contributed by atoms with Crippen LogP contribution in [0.15, 0.2) is 36.8 Å². The molecule has 0 atom stereocenters. The van der Waals surface area contributed by atoms with Crippen LogP contribution < -0.4 is 0 Å². The Bertz CT molecular complexity index is 500. The number of rotatable bonds is 2. The fraction of sp³-hybridized carbons (Fsp3) is 0.167. The molecule has 0 bridgehead atoms. The lowest BCUT2D eigenvalue weighted by Gasteiger charge is -2.03. The molecule has 3 nitrogen and oxygen atoms in total. The maximum absolute atomic E-state index is 11.2. The number of hydrogen-bond acceptors (Lipinski definition) is 2. The van der Waals surface area contributed by atoms with Gasteiger partial charge in [0.15, 0.2) is 5.78 Å². The van der Waals surface area contributed by atoms with Gasteiger partial charge in [0.05, 0.1) is 18.2 Å². The number of carbonyl (C=O) groups is 1. The minimum absolute atomic E-state index is 0.0824. The zero-order chi connectivity index (χ0) is 10.8. The summed E-state index contributed by atoms with van der Waals surface area (Å²) in [4.78, 5) is 15.3. The standard InChI is InChI=1S/C12H12N2O/c1-9(15)10-4-3-5-11(6-10)12-7-13-8-14(12)2/h3-8H,1-2H3. The van der Waals surface area contributed by atoms with Crippen LogP contribution in [0.2, 0.25) is 0 Å². The van der Waals surface area contributed by atoms with Crippen LogP contribution in [-0.2, 0) is 7.05 Å². The van der Waals surface area contributed by atoms with Crippen molar-refractivity contribution in [2.24, 2.45) is 7.05 Å². The summed E-state index contributed by atoms with van der Waals surface area (Å²) in [6.45, 7) is 1.57. The van der Waals surface area contributed by atoms with Gasteiger partial charge in [0.1, 0.15) is 0 Å². The van der Waals surface area contributed by atoms with Gasteiger partial charge in [0.25, 0.3) is 0 Å². The van der Waals surface area contributed by atoms with Crippen molar-refractivity contribution in [2.45, 2.75) is 6.92 Å². The summed E-state index contributed by atoms with van der Waals surface area (Å²) < 4.78 is 1.93. The highest BCUT2D eigenvalue weighted by molar-refractivity contribution is 5.95. The number of aryl methyl sites for hydroxylation is 1.